The maximum Gasteiger partial charge on any atom is 0.272 e. The number of carbonyl (C=O) groups is 5. The minimum atomic E-state index is -1.01. The zero-order valence-electron chi connectivity index (χ0n) is 37.7. The van der Waals surface area contributed by atoms with Crippen LogP contribution in [0.4, 0.5) is 5.82 Å². The average molecular weight is 882 g/mol. The second-order valence-corrected chi connectivity index (χ2v) is 19.7. The molecule has 4 fully saturated rings. The quantitative estimate of drug-likeness (QED) is 0.171. The van der Waals surface area contributed by atoms with Crippen molar-refractivity contribution in [3.63, 3.8) is 0 Å². The lowest BCUT2D eigenvalue weighted by atomic mass is 9.49. The van der Waals surface area contributed by atoms with E-state index in [1.807, 2.05) is 24.3 Å². The predicted octanol–water partition coefficient (Wildman–Crippen LogP) is 5.45. The number of hydrogen-bond donors (Lipinski definition) is 2. The number of amides is 5. The van der Waals surface area contributed by atoms with Crippen molar-refractivity contribution in [2.75, 3.05) is 24.5 Å². The van der Waals surface area contributed by atoms with E-state index in [0.717, 1.165) is 61.4 Å². The van der Waals surface area contributed by atoms with E-state index in [1.165, 1.54) is 0 Å². The van der Waals surface area contributed by atoms with Crippen LogP contribution in [0.25, 0.3) is 10.9 Å². The summed E-state index contributed by atoms with van der Waals surface area (Å²) in [6.07, 6.45) is 5.28. The van der Waals surface area contributed by atoms with Crippen LogP contribution in [0.3, 0.4) is 0 Å². The molecule has 65 heavy (non-hydrogen) atoms. The normalized spacial score (nSPS) is 24.9. The van der Waals surface area contributed by atoms with E-state index in [4.69, 9.17) is 9.47 Å². The van der Waals surface area contributed by atoms with Gasteiger partial charge in [-0.15, -0.1) is 10.2 Å². The summed E-state index contributed by atoms with van der Waals surface area (Å²) in [4.78, 5) is 74.3. The van der Waals surface area contributed by atoms with Gasteiger partial charge >= 0.3 is 0 Å². The van der Waals surface area contributed by atoms with Crippen molar-refractivity contribution < 1.29 is 33.4 Å². The molecule has 1 unspecified atom stereocenters. The van der Waals surface area contributed by atoms with Gasteiger partial charge < -0.3 is 19.7 Å². The number of nitrogens with one attached hydrogen (secondary N) is 2. The van der Waals surface area contributed by atoms with Crippen LogP contribution in [0, 0.1) is 28.1 Å². The molecule has 2 saturated carbocycles. The molecule has 2 aliphatic carbocycles. The fraction of sp³-hybridized carbons (Fsp3) is 0.490. The fourth-order valence-electron chi connectivity index (χ4n) is 11.1. The summed E-state index contributed by atoms with van der Waals surface area (Å²) in [6, 6.07) is 17.5. The Bertz CT molecular complexity index is 2590. The summed E-state index contributed by atoms with van der Waals surface area (Å²) in [5, 5.41) is 24.7. The number of hydrogen-bond acceptors (Lipinski definition) is 13. The number of ether oxygens (including phenoxy) is 2. The monoisotopic (exact) mass is 881 g/mol. The second-order valence-electron chi connectivity index (χ2n) is 19.7. The van der Waals surface area contributed by atoms with E-state index in [9.17, 15) is 29.2 Å². The lowest BCUT2D eigenvalue weighted by Crippen LogP contribution is -2.74. The van der Waals surface area contributed by atoms with Crippen molar-refractivity contribution in [3.8, 4) is 17.6 Å². The molecule has 2 aromatic carbocycles. The van der Waals surface area contributed by atoms with Crippen LogP contribution >= 0.6 is 0 Å². The Morgan fingerprint density at radius 3 is 2.35 bits per heavy atom. The standard InChI is InChI=1S/C49H55N9O7/c1-27(2)57(30-22-32(23-30)64-31-10-11-33-35(24-31)45(63)58(44(33)62)37-13-16-40(59)52-43(37)61)26-28-17-20-56(21-18-28)39-15-12-36(54-55-39)42(60)53-46-48(3,4)47(49(46,5)6)65-38-14-9-29(25-50)41-34(38)8-7-19-51-41/h7-12,14-15,19,24,27-28,30,32,37,46-47H,13,16-18,20-23,26H2,1-6H3,(H,53,60)(H,52,59,61)/t30-,32-,37?,46-,47-. The third kappa shape index (κ3) is 7.93. The van der Waals surface area contributed by atoms with Crippen molar-refractivity contribution in [3.05, 3.63) is 83.2 Å². The van der Waals surface area contributed by atoms with Crippen LogP contribution in [-0.4, -0.2) is 111 Å². The highest BCUT2D eigenvalue weighted by Gasteiger charge is 2.64. The molecule has 0 radical (unpaired) electrons. The molecule has 3 aliphatic heterocycles. The van der Waals surface area contributed by atoms with Gasteiger partial charge in [-0.3, -0.25) is 44.1 Å². The van der Waals surface area contributed by atoms with Gasteiger partial charge in [-0.25, -0.2) is 0 Å². The van der Waals surface area contributed by atoms with E-state index in [2.05, 4.69) is 83.2 Å². The molecule has 4 aromatic rings. The number of anilines is 1. The summed E-state index contributed by atoms with van der Waals surface area (Å²) in [5.74, 6) is 0.0214. The number of piperidine rings is 2. The van der Waals surface area contributed by atoms with E-state index in [1.54, 1.807) is 36.5 Å². The van der Waals surface area contributed by atoms with Gasteiger partial charge in [0.15, 0.2) is 11.5 Å². The molecule has 16 heteroatoms. The lowest BCUT2D eigenvalue weighted by molar-refractivity contribution is -0.163. The largest absolute Gasteiger partial charge is 0.490 e. The Hall–Kier alpha value is -6.47. The zero-order valence-corrected chi connectivity index (χ0v) is 37.7. The number of benzene rings is 2. The summed E-state index contributed by atoms with van der Waals surface area (Å²) >= 11 is 0. The SMILES string of the molecule is CC(C)N(CC1CCN(c2ccc(C(=O)N[C@H]3C(C)(C)[C@H](Oc4ccc(C#N)c5ncccc45)C3(C)C)nn2)CC1)[C@H]1C[C@H](Oc2ccc3c(c2)C(=O)N(C2CCC(=O)NC2=O)C3=O)C1. The molecule has 0 spiro atoms. The number of imide groups is 2. The van der Waals surface area contributed by atoms with Gasteiger partial charge in [-0.2, -0.15) is 5.26 Å². The molecule has 2 saturated heterocycles. The highest BCUT2D eigenvalue weighted by Crippen LogP contribution is 2.56. The summed E-state index contributed by atoms with van der Waals surface area (Å²) in [5.41, 5.74) is 0.962. The smallest absolute Gasteiger partial charge is 0.272 e. The molecule has 0 bridgehead atoms. The first-order valence-electron chi connectivity index (χ1n) is 22.7. The van der Waals surface area contributed by atoms with Crippen molar-refractivity contribution in [2.24, 2.45) is 16.7 Å². The number of rotatable bonds is 12. The molecule has 338 valence electrons. The molecule has 2 aromatic heterocycles. The number of carbonyl (C=O) groups excluding carboxylic acids is 5. The van der Waals surface area contributed by atoms with Crippen molar-refractivity contribution in [1.29, 1.82) is 5.26 Å². The van der Waals surface area contributed by atoms with Crippen LogP contribution in [-0.2, 0) is 9.59 Å². The van der Waals surface area contributed by atoms with Gasteiger partial charge in [-0.05, 0) is 93.6 Å². The van der Waals surface area contributed by atoms with Gasteiger partial charge in [0.1, 0.15) is 35.8 Å². The first kappa shape index (κ1) is 43.8. The molecular formula is C49H55N9O7. The van der Waals surface area contributed by atoms with Crippen molar-refractivity contribution >= 4 is 46.3 Å². The predicted molar refractivity (Wildman–Crippen MR) is 239 cm³/mol. The Kier molecular flexibility index (Phi) is 11.3. The topological polar surface area (TPSA) is 200 Å². The third-order valence-corrected chi connectivity index (χ3v) is 14.4. The Morgan fingerprint density at radius 1 is 0.938 bits per heavy atom. The molecule has 1 atom stereocenters. The van der Waals surface area contributed by atoms with Gasteiger partial charge in [0.05, 0.1) is 22.2 Å². The van der Waals surface area contributed by atoms with Crippen molar-refractivity contribution in [1.82, 2.24) is 35.6 Å². The first-order valence-corrected chi connectivity index (χ1v) is 22.7. The van der Waals surface area contributed by atoms with Crippen molar-refractivity contribution in [2.45, 2.75) is 116 Å². The number of nitrogens with zero attached hydrogens (tertiary/aromatic N) is 7. The minimum Gasteiger partial charge on any atom is -0.490 e. The number of fused-ring (bicyclic) bond motifs is 2. The Labute approximate surface area is 378 Å². The van der Waals surface area contributed by atoms with Gasteiger partial charge in [0, 0.05) is 79.4 Å². The van der Waals surface area contributed by atoms with E-state index in [-0.39, 0.29) is 53.8 Å². The Morgan fingerprint density at radius 2 is 1.68 bits per heavy atom. The fourth-order valence-corrected chi connectivity index (χ4v) is 11.1. The molecule has 5 aliphatic rings. The van der Waals surface area contributed by atoms with E-state index >= 15 is 0 Å². The molecule has 9 rings (SSSR count). The molecule has 5 heterocycles. The summed E-state index contributed by atoms with van der Waals surface area (Å²) in [6.45, 7) is 15.4. The van der Waals surface area contributed by atoms with Crippen LogP contribution in [0.2, 0.25) is 0 Å². The number of nitriles is 1. The number of aromatic nitrogens is 3. The summed E-state index contributed by atoms with van der Waals surface area (Å²) < 4.78 is 12.9. The highest BCUT2D eigenvalue weighted by molar-refractivity contribution is 6.23. The van der Waals surface area contributed by atoms with Crippen LogP contribution in [0.1, 0.15) is 117 Å². The van der Waals surface area contributed by atoms with Gasteiger partial charge in [0.25, 0.3) is 17.7 Å². The minimum absolute atomic E-state index is 0.0278. The van der Waals surface area contributed by atoms with Crippen LogP contribution in [0.15, 0.2) is 60.8 Å². The molecular weight excluding hydrogens is 827 g/mol. The Balaban J connectivity index is 0.743. The van der Waals surface area contributed by atoms with Gasteiger partial charge in [-0.1, -0.05) is 27.7 Å². The highest BCUT2D eigenvalue weighted by atomic mass is 16.5. The number of pyridine rings is 1. The maximum absolute atomic E-state index is 13.6. The van der Waals surface area contributed by atoms with E-state index in [0.29, 0.717) is 40.6 Å². The summed E-state index contributed by atoms with van der Waals surface area (Å²) in [7, 11) is 0. The third-order valence-electron chi connectivity index (χ3n) is 14.4. The van der Waals surface area contributed by atoms with Crippen LogP contribution in [0.5, 0.6) is 11.5 Å². The molecule has 2 N–H and O–H groups in total. The first-order chi connectivity index (χ1) is 31.0. The molecule has 16 nitrogen and oxygen atoms in total. The lowest BCUT2D eigenvalue weighted by Gasteiger charge is -2.63. The van der Waals surface area contributed by atoms with Crippen LogP contribution < -0.4 is 25.0 Å². The average Bonchev–Trinajstić information content (AvgIpc) is 3.52. The maximum atomic E-state index is 13.6. The molecule has 5 amide bonds. The van der Waals surface area contributed by atoms with Gasteiger partial charge in [0.2, 0.25) is 11.8 Å². The van der Waals surface area contributed by atoms with E-state index < -0.39 is 40.5 Å². The second kappa shape index (κ2) is 16.8. The zero-order chi connectivity index (χ0) is 45.9.